The number of para-hydroxylation sites is 1. The van der Waals surface area contributed by atoms with Gasteiger partial charge in [0.1, 0.15) is 12.2 Å². The van der Waals surface area contributed by atoms with Crippen LogP contribution in [0.2, 0.25) is 0 Å². The third kappa shape index (κ3) is 3.16. The molecule has 0 saturated heterocycles. The van der Waals surface area contributed by atoms with Crippen molar-refractivity contribution in [3.63, 3.8) is 0 Å². The number of fused-ring (bicyclic) bond motifs is 1. The third-order valence-corrected chi connectivity index (χ3v) is 10.8. The number of hydrogen-bond donors (Lipinski definition) is 0. The van der Waals surface area contributed by atoms with Crippen molar-refractivity contribution in [1.29, 1.82) is 0 Å². The summed E-state index contributed by atoms with van der Waals surface area (Å²) in [6.45, 7) is 8.18. The highest BCUT2D eigenvalue weighted by molar-refractivity contribution is 8.16. The molecule has 0 fully saturated rings. The number of benzene rings is 2. The van der Waals surface area contributed by atoms with Gasteiger partial charge in [-0.25, -0.2) is 9.67 Å². The smallest absolute Gasteiger partial charge is 0.169 e. The van der Waals surface area contributed by atoms with Gasteiger partial charge in [-0.3, -0.25) is 4.67 Å². The van der Waals surface area contributed by atoms with Gasteiger partial charge in [-0.1, -0.05) is 74.2 Å². The molecule has 1 aliphatic rings. The zero-order chi connectivity index (χ0) is 20.6. The van der Waals surface area contributed by atoms with Crippen molar-refractivity contribution in [3.05, 3.63) is 71.9 Å². The number of rotatable bonds is 5. The number of hydrogen-bond acceptors (Lipinski definition) is 3. The van der Waals surface area contributed by atoms with Gasteiger partial charge in [-0.2, -0.15) is 5.10 Å². The fraction of sp³-hybridized carbons (Fsp3) is 0.273. The van der Waals surface area contributed by atoms with Gasteiger partial charge in [-0.05, 0) is 19.1 Å². The Kier molecular flexibility index (Phi) is 5.43. The van der Waals surface area contributed by atoms with Crippen LogP contribution < -0.4 is 5.30 Å². The molecule has 29 heavy (non-hydrogen) atoms. The van der Waals surface area contributed by atoms with Crippen LogP contribution in [-0.4, -0.2) is 45.1 Å². The van der Waals surface area contributed by atoms with Crippen molar-refractivity contribution < 1.29 is 0 Å². The summed E-state index contributed by atoms with van der Waals surface area (Å²) in [6, 6.07) is 20.5. The molecular weight excluding hydrogens is 397 g/mol. The molecule has 0 amide bonds. The van der Waals surface area contributed by atoms with E-state index in [1.807, 2.05) is 41.1 Å². The molecule has 3 aromatic rings. The summed E-state index contributed by atoms with van der Waals surface area (Å²) < 4.78 is 6.59. The molecule has 0 aliphatic carbocycles. The molecule has 1 atom stereocenters. The third-order valence-electron chi connectivity index (χ3n) is 5.37. The Hall–Kier alpha value is -2.27. The highest BCUT2D eigenvalue weighted by Crippen LogP contribution is 2.57. The van der Waals surface area contributed by atoms with Crippen molar-refractivity contribution in [2.75, 3.05) is 20.1 Å². The SMILES string of the molecule is CCN(CC)P1(=S)c2c(C)nn(-c3ccccc3)c2N=C(c2ccccc2)N1C. The van der Waals surface area contributed by atoms with E-state index in [0.717, 1.165) is 47.0 Å². The van der Waals surface area contributed by atoms with Crippen LogP contribution in [0.4, 0.5) is 5.82 Å². The van der Waals surface area contributed by atoms with E-state index in [9.17, 15) is 0 Å². The highest BCUT2D eigenvalue weighted by Gasteiger charge is 2.42. The molecule has 2 aromatic carbocycles. The van der Waals surface area contributed by atoms with Crippen LogP contribution in [0.25, 0.3) is 5.69 Å². The Morgan fingerprint density at radius 2 is 1.55 bits per heavy atom. The van der Waals surface area contributed by atoms with Gasteiger partial charge in [0, 0.05) is 25.7 Å². The molecule has 0 bridgehead atoms. The van der Waals surface area contributed by atoms with Gasteiger partial charge in [-0.15, -0.1) is 0 Å². The van der Waals surface area contributed by atoms with Crippen LogP contribution in [-0.2, 0) is 11.8 Å². The van der Waals surface area contributed by atoms with E-state index in [1.54, 1.807) is 0 Å². The predicted octanol–water partition coefficient (Wildman–Crippen LogP) is 4.48. The molecular formula is C22H26N5PS. The Labute approximate surface area is 177 Å². The molecule has 2 heterocycles. The van der Waals surface area contributed by atoms with Crippen LogP contribution >= 0.6 is 6.34 Å². The summed E-state index contributed by atoms with van der Waals surface area (Å²) in [4.78, 5) is 5.12. The van der Waals surface area contributed by atoms with E-state index in [4.69, 9.17) is 21.9 Å². The first-order valence-corrected chi connectivity index (χ1v) is 12.6. The van der Waals surface area contributed by atoms with Crippen LogP contribution in [0, 0.1) is 6.92 Å². The molecule has 4 rings (SSSR count). The molecule has 150 valence electrons. The van der Waals surface area contributed by atoms with Gasteiger partial charge < -0.3 is 4.67 Å². The first kappa shape index (κ1) is 20.0. The fourth-order valence-corrected chi connectivity index (χ4v) is 8.51. The van der Waals surface area contributed by atoms with Crippen molar-refractivity contribution in [2.45, 2.75) is 20.8 Å². The first-order valence-electron chi connectivity index (χ1n) is 9.91. The quantitative estimate of drug-likeness (QED) is 0.567. The van der Waals surface area contributed by atoms with Crippen LogP contribution in [0.3, 0.4) is 0 Å². The van der Waals surface area contributed by atoms with E-state index < -0.39 is 6.34 Å². The number of amidine groups is 1. The summed E-state index contributed by atoms with van der Waals surface area (Å²) in [5, 5.41) is 5.99. The van der Waals surface area contributed by atoms with Crippen molar-refractivity contribution in [2.24, 2.45) is 4.99 Å². The number of aromatic nitrogens is 2. The van der Waals surface area contributed by atoms with E-state index in [-0.39, 0.29) is 0 Å². The predicted molar refractivity (Wildman–Crippen MR) is 126 cm³/mol. The lowest BCUT2D eigenvalue weighted by atomic mass is 10.2. The van der Waals surface area contributed by atoms with Crippen molar-refractivity contribution in [1.82, 2.24) is 19.1 Å². The molecule has 1 unspecified atom stereocenters. The van der Waals surface area contributed by atoms with Crippen LogP contribution in [0.1, 0.15) is 25.1 Å². The van der Waals surface area contributed by atoms with E-state index in [0.29, 0.717) is 0 Å². The lowest BCUT2D eigenvalue weighted by molar-refractivity contribution is 0.487. The second-order valence-corrected chi connectivity index (χ2v) is 11.2. The maximum absolute atomic E-state index is 6.51. The van der Waals surface area contributed by atoms with Crippen LogP contribution in [0.15, 0.2) is 65.7 Å². The van der Waals surface area contributed by atoms with E-state index in [1.165, 1.54) is 0 Å². The second-order valence-electron chi connectivity index (χ2n) is 7.01. The Morgan fingerprint density at radius 3 is 2.14 bits per heavy atom. The standard InChI is InChI=1S/C22H26N5PS/c1-5-26(6-2)28(29)20-17(3)24-27(19-15-11-8-12-16-19)22(20)23-21(25(28)4)18-13-9-7-10-14-18/h7-16H,5-6H2,1-4H3. The van der Waals surface area contributed by atoms with E-state index >= 15 is 0 Å². The lowest BCUT2D eigenvalue weighted by Crippen LogP contribution is -2.41. The topological polar surface area (TPSA) is 36.7 Å². The summed E-state index contributed by atoms with van der Waals surface area (Å²) in [7, 11) is 2.09. The number of aryl methyl sites for hydroxylation is 1. The minimum atomic E-state index is -2.28. The maximum Gasteiger partial charge on any atom is 0.169 e. The van der Waals surface area contributed by atoms with Gasteiger partial charge in [0.15, 0.2) is 5.82 Å². The number of aliphatic imine (C=N–C) groups is 1. The maximum atomic E-state index is 6.51. The summed E-state index contributed by atoms with van der Waals surface area (Å²) in [5.74, 6) is 1.77. The largest absolute Gasteiger partial charge is 0.316 e. The Bertz CT molecular complexity index is 1090. The summed E-state index contributed by atoms with van der Waals surface area (Å²) in [6.07, 6.45) is -2.28. The minimum absolute atomic E-state index is 0.862. The molecule has 1 aliphatic heterocycles. The molecule has 1 aromatic heterocycles. The van der Waals surface area contributed by atoms with Crippen LogP contribution in [0.5, 0.6) is 0 Å². The Morgan fingerprint density at radius 1 is 0.966 bits per heavy atom. The van der Waals surface area contributed by atoms with Gasteiger partial charge in [0.2, 0.25) is 0 Å². The zero-order valence-electron chi connectivity index (χ0n) is 17.3. The average molecular weight is 424 g/mol. The Balaban J connectivity index is 2.04. The summed E-state index contributed by atoms with van der Waals surface area (Å²) in [5.41, 5.74) is 3.03. The van der Waals surface area contributed by atoms with E-state index in [2.05, 4.69) is 61.4 Å². The molecule has 0 spiro atoms. The zero-order valence-corrected chi connectivity index (χ0v) is 19.0. The second kappa shape index (κ2) is 7.86. The van der Waals surface area contributed by atoms with Gasteiger partial charge in [0.25, 0.3) is 0 Å². The van der Waals surface area contributed by atoms with Crippen molar-refractivity contribution >= 4 is 35.1 Å². The van der Waals surface area contributed by atoms with Gasteiger partial charge in [0.05, 0.1) is 16.7 Å². The monoisotopic (exact) mass is 423 g/mol. The minimum Gasteiger partial charge on any atom is -0.316 e. The molecule has 0 saturated carbocycles. The molecule has 7 heteroatoms. The average Bonchev–Trinajstić information content (AvgIpc) is 3.10. The summed E-state index contributed by atoms with van der Waals surface area (Å²) >= 11 is 6.51. The first-order chi connectivity index (χ1) is 14.0. The molecule has 0 N–H and O–H groups in total. The number of nitrogens with zero attached hydrogens (tertiary/aromatic N) is 5. The molecule has 5 nitrogen and oxygen atoms in total. The highest BCUT2D eigenvalue weighted by atomic mass is 32.4. The molecule has 0 radical (unpaired) electrons. The lowest BCUT2D eigenvalue weighted by Gasteiger charge is -2.43. The van der Waals surface area contributed by atoms with Crippen molar-refractivity contribution in [3.8, 4) is 5.69 Å². The normalized spacial score (nSPS) is 18.7. The van der Waals surface area contributed by atoms with Gasteiger partial charge >= 0.3 is 0 Å². The fourth-order valence-electron chi connectivity index (χ4n) is 3.93.